The van der Waals surface area contributed by atoms with Crippen LogP contribution in [0.1, 0.15) is 45.5 Å². The van der Waals surface area contributed by atoms with E-state index >= 15 is 0 Å². The molecular weight excluding hydrogens is 437 g/mol. The second kappa shape index (κ2) is 12.3. The van der Waals surface area contributed by atoms with Crippen LogP contribution in [-0.4, -0.2) is 62.0 Å². The quantitative estimate of drug-likeness (QED) is 0.553. The van der Waals surface area contributed by atoms with Gasteiger partial charge in [-0.1, -0.05) is 18.2 Å². The number of hydrogen-bond acceptors (Lipinski definition) is 4. The van der Waals surface area contributed by atoms with E-state index in [1.807, 2.05) is 19.1 Å². The van der Waals surface area contributed by atoms with Crippen molar-refractivity contribution >= 4 is 17.7 Å². The SMILES string of the molecule is COCCCNC(=O)[C@H](NC(=O)c1ccccc1C)C1CCN(C(=O)c2ccc(F)cc2)CC1. The third kappa shape index (κ3) is 6.63. The number of halogens is 1. The summed E-state index contributed by atoms with van der Waals surface area (Å²) in [5.74, 6) is -1.20. The number of methoxy groups -OCH3 is 1. The molecule has 1 heterocycles. The lowest BCUT2D eigenvalue weighted by atomic mass is 9.88. The summed E-state index contributed by atoms with van der Waals surface area (Å²) >= 11 is 0. The predicted octanol–water partition coefficient (Wildman–Crippen LogP) is 2.94. The van der Waals surface area contributed by atoms with E-state index in [0.717, 1.165) is 5.56 Å². The molecule has 8 heteroatoms. The fourth-order valence-electron chi connectivity index (χ4n) is 4.19. The fourth-order valence-corrected chi connectivity index (χ4v) is 4.19. The molecule has 1 aliphatic rings. The molecule has 0 radical (unpaired) electrons. The first kappa shape index (κ1) is 25.4. The fraction of sp³-hybridized carbons (Fsp3) is 0.423. The van der Waals surface area contributed by atoms with Gasteiger partial charge in [0.2, 0.25) is 5.91 Å². The van der Waals surface area contributed by atoms with Crippen LogP contribution in [0.2, 0.25) is 0 Å². The number of nitrogens with one attached hydrogen (secondary N) is 2. The molecule has 0 aromatic heterocycles. The minimum atomic E-state index is -0.710. The van der Waals surface area contributed by atoms with E-state index in [1.54, 1.807) is 24.1 Å². The zero-order chi connectivity index (χ0) is 24.5. The molecule has 2 N–H and O–H groups in total. The number of piperidine rings is 1. The summed E-state index contributed by atoms with van der Waals surface area (Å²) in [6, 6.07) is 12.0. The van der Waals surface area contributed by atoms with E-state index < -0.39 is 6.04 Å². The Morgan fingerprint density at radius 1 is 1.09 bits per heavy atom. The molecule has 3 rings (SSSR count). The summed E-state index contributed by atoms with van der Waals surface area (Å²) in [5.41, 5.74) is 1.79. The second-order valence-corrected chi connectivity index (χ2v) is 8.54. The van der Waals surface area contributed by atoms with Crippen LogP contribution < -0.4 is 10.6 Å². The van der Waals surface area contributed by atoms with Crippen LogP contribution in [0.5, 0.6) is 0 Å². The van der Waals surface area contributed by atoms with Crippen molar-refractivity contribution in [3.8, 4) is 0 Å². The first-order chi connectivity index (χ1) is 16.4. The molecule has 0 saturated carbocycles. The maximum atomic E-state index is 13.2. The van der Waals surface area contributed by atoms with Crippen molar-refractivity contribution in [3.63, 3.8) is 0 Å². The predicted molar refractivity (Wildman–Crippen MR) is 127 cm³/mol. The monoisotopic (exact) mass is 469 g/mol. The van der Waals surface area contributed by atoms with Gasteiger partial charge in [-0.25, -0.2) is 4.39 Å². The summed E-state index contributed by atoms with van der Waals surface area (Å²) in [6.07, 6.45) is 1.81. The van der Waals surface area contributed by atoms with E-state index in [4.69, 9.17) is 4.74 Å². The maximum Gasteiger partial charge on any atom is 0.253 e. The number of rotatable bonds is 9. The minimum Gasteiger partial charge on any atom is -0.385 e. The molecule has 1 saturated heterocycles. The van der Waals surface area contributed by atoms with Crippen LogP contribution in [0, 0.1) is 18.7 Å². The Morgan fingerprint density at radius 2 is 1.76 bits per heavy atom. The Kier molecular flexibility index (Phi) is 9.16. The maximum absolute atomic E-state index is 13.2. The van der Waals surface area contributed by atoms with Crippen LogP contribution in [0.3, 0.4) is 0 Å². The van der Waals surface area contributed by atoms with Gasteiger partial charge in [0.25, 0.3) is 11.8 Å². The topological polar surface area (TPSA) is 87.7 Å². The van der Waals surface area contributed by atoms with Gasteiger partial charge in [-0.15, -0.1) is 0 Å². The van der Waals surface area contributed by atoms with Gasteiger partial charge in [-0.05, 0) is 68.0 Å². The largest absolute Gasteiger partial charge is 0.385 e. The van der Waals surface area contributed by atoms with Crippen molar-refractivity contribution in [2.24, 2.45) is 5.92 Å². The average molecular weight is 470 g/mol. The van der Waals surface area contributed by atoms with Gasteiger partial charge < -0.3 is 20.3 Å². The molecule has 7 nitrogen and oxygen atoms in total. The van der Waals surface area contributed by atoms with Crippen molar-refractivity contribution in [1.82, 2.24) is 15.5 Å². The lowest BCUT2D eigenvalue weighted by Gasteiger charge is -2.36. The third-order valence-electron chi connectivity index (χ3n) is 6.17. The van der Waals surface area contributed by atoms with Crippen molar-refractivity contribution in [1.29, 1.82) is 0 Å². The minimum absolute atomic E-state index is 0.118. The molecular formula is C26H32FN3O4. The van der Waals surface area contributed by atoms with E-state index in [-0.39, 0.29) is 29.5 Å². The highest BCUT2D eigenvalue weighted by molar-refractivity contribution is 5.98. The van der Waals surface area contributed by atoms with Gasteiger partial charge in [-0.3, -0.25) is 14.4 Å². The van der Waals surface area contributed by atoms with Crippen molar-refractivity contribution in [2.45, 2.75) is 32.2 Å². The highest BCUT2D eigenvalue weighted by atomic mass is 19.1. The Balaban J connectivity index is 1.67. The number of benzene rings is 2. The van der Waals surface area contributed by atoms with Crippen LogP contribution in [-0.2, 0) is 9.53 Å². The lowest BCUT2D eigenvalue weighted by molar-refractivity contribution is -0.124. The molecule has 1 aliphatic heterocycles. The molecule has 34 heavy (non-hydrogen) atoms. The Labute approximate surface area is 199 Å². The Hall–Kier alpha value is -3.26. The van der Waals surface area contributed by atoms with Gasteiger partial charge in [0.15, 0.2) is 0 Å². The van der Waals surface area contributed by atoms with Crippen molar-refractivity contribution in [3.05, 3.63) is 71.0 Å². The van der Waals surface area contributed by atoms with E-state index in [2.05, 4.69) is 10.6 Å². The number of nitrogens with zero attached hydrogens (tertiary/aromatic N) is 1. The van der Waals surface area contributed by atoms with Gasteiger partial charge in [0, 0.05) is 44.5 Å². The number of aryl methyl sites for hydroxylation is 1. The first-order valence-electron chi connectivity index (χ1n) is 11.6. The molecule has 2 aromatic carbocycles. The normalized spacial score (nSPS) is 15.0. The average Bonchev–Trinajstić information content (AvgIpc) is 2.85. The van der Waals surface area contributed by atoms with Crippen molar-refractivity contribution in [2.75, 3.05) is 33.4 Å². The lowest BCUT2D eigenvalue weighted by Crippen LogP contribution is -2.54. The molecule has 182 valence electrons. The van der Waals surface area contributed by atoms with Gasteiger partial charge >= 0.3 is 0 Å². The molecule has 1 fully saturated rings. The standard InChI is InChI=1S/C26H32FN3O4/c1-18-6-3-4-7-22(18)24(31)29-23(25(32)28-14-5-17-34-2)19-12-15-30(16-13-19)26(33)20-8-10-21(27)11-9-20/h3-4,6-11,19,23H,5,12-17H2,1-2H3,(H,28,32)(H,29,31)/t23-/m1/s1. The second-order valence-electron chi connectivity index (χ2n) is 8.54. The summed E-state index contributed by atoms with van der Waals surface area (Å²) < 4.78 is 18.2. The number of carbonyl (C=O) groups excluding carboxylic acids is 3. The number of hydrogen-bond donors (Lipinski definition) is 2. The number of amides is 3. The summed E-state index contributed by atoms with van der Waals surface area (Å²) in [4.78, 5) is 40.5. The molecule has 3 amide bonds. The highest BCUT2D eigenvalue weighted by Crippen LogP contribution is 2.23. The van der Waals surface area contributed by atoms with Crippen LogP contribution in [0.25, 0.3) is 0 Å². The number of carbonyl (C=O) groups is 3. The third-order valence-corrected chi connectivity index (χ3v) is 6.17. The van der Waals surface area contributed by atoms with Gasteiger partial charge in [-0.2, -0.15) is 0 Å². The van der Waals surface area contributed by atoms with Crippen LogP contribution in [0.15, 0.2) is 48.5 Å². The van der Waals surface area contributed by atoms with Crippen molar-refractivity contribution < 1.29 is 23.5 Å². The smallest absolute Gasteiger partial charge is 0.253 e. The molecule has 0 unspecified atom stereocenters. The molecule has 0 bridgehead atoms. The van der Waals surface area contributed by atoms with Gasteiger partial charge in [0.05, 0.1) is 0 Å². The molecule has 0 spiro atoms. The number of likely N-dealkylation sites (tertiary alicyclic amines) is 1. The Bertz CT molecular complexity index is 988. The zero-order valence-electron chi connectivity index (χ0n) is 19.7. The Morgan fingerprint density at radius 3 is 2.41 bits per heavy atom. The molecule has 1 atom stereocenters. The van der Waals surface area contributed by atoms with E-state index in [9.17, 15) is 18.8 Å². The van der Waals surface area contributed by atoms with Crippen LogP contribution in [0.4, 0.5) is 4.39 Å². The van der Waals surface area contributed by atoms with E-state index in [1.165, 1.54) is 24.3 Å². The highest BCUT2D eigenvalue weighted by Gasteiger charge is 2.34. The van der Waals surface area contributed by atoms with E-state index in [0.29, 0.717) is 56.6 Å². The molecule has 2 aromatic rings. The first-order valence-corrected chi connectivity index (χ1v) is 11.6. The van der Waals surface area contributed by atoms with Crippen LogP contribution >= 0.6 is 0 Å². The molecule has 0 aliphatic carbocycles. The van der Waals surface area contributed by atoms with Gasteiger partial charge in [0.1, 0.15) is 11.9 Å². The summed E-state index contributed by atoms with van der Waals surface area (Å²) in [6.45, 7) is 3.74. The summed E-state index contributed by atoms with van der Waals surface area (Å²) in [5, 5.41) is 5.84. The summed E-state index contributed by atoms with van der Waals surface area (Å²) in [7, 11) is 1.61. The zero-order valence-corrected chi connectivity index (χ0v) is 19.7. The number of ether oxygens (including phenoxy) is 1.